The first-order chi connectivity index (χ1) is 4.66. The summed E-state index contributed by atoms with van der Waals surface area (Å²) in [6, 6.07) is 0. The van der Waals surface area contributed by atoms with Crippen LogP contribution in [-0.2, 0) is 4.79 Å². The first kappa shape index (κ1) is 9.74. The first-order valence-electron chi connectivity index (χ1n) is 2.75. The molecular formula is C5H10O4S. The van der Waals surface area contributed by atoms with Crippen molar-refractivity contribution in [3.63, 3.8) is 0 Å². The molecule has 10 heavy (non-hydrogen) atoms. The van der Waals surface area contributed by atoms with Crippen molar-refractivity contribution in [1.29, 1.82) is 0 Å². The second kappa shape index (κ2) is 5.52. The summed E-state index contributed by atoms with van der Waals surface area (Å²) in [5.41, 5.74) is 0. The van der Waals surface area contributed by atoms with Gasteiger partial charge in [0.25, 0.3) is 0 Å². The van der Waals surface area contributed by atoms with Gasteiger partial charge in [0.2, 0.25) is 0 Å². The molecule has 0 saturated carbocycles. The van der Waals surface area contributed by atoms with E-state index in [1.807, 2.05) is 0 Å². The van der Waals surface area contributed by atoms with Crippen LogP contribution in [0.1, 0.15) is 0 Å². The van der Waals surface area contributed by atoms with Crippen LogP contribution < -0.4 is 0 Å². The fourth-order valence-electron chi connectivity index (χ4n) is 0.335. The van der Waals surface area contributed by atoms with Gasteiger partial charge >= 0.3 is 5.97 Å². The van der Waals surface area contributed by atoms with Crippen LogP contribution in [0, 0.1) is 0 Å². The van der Waals surface area contributed by atoms with Crippen LogP contribution in [0.4, 0.5) is 0 Å². The number of aliphatic hydroxyl groups is 2. The van der Waals surface area contributed by atoms with E-state index >= 15 is 0 Å². The lowest BCUT2D eigenvalue weighted by Gasteiger charge is -2.03. The summed E-state index contributed by atoms with van der Waals surface area (Å²) in [6.07, 6.45) is -0.802. The van der Waals surface area contributed by atoms with E-state index in [1.165, 1.54) is 0 Å². The number of carboxylic acids is 1. The predicted octanol–water partition coefficient (Wildman–Crippen LogP) is -0.843. The van der Waals surface area contributed by atoms with Gasteiger partial charge in [0, 0.05) is 5.75 Å². The van der Waals surface area contributed by atoms with Crippen LogP contribution in [0.2, 0.25) is 0 Å². The normalized spacial score (nSPS) is 13.0. The van der Waals surface area contributed by atoms with Gasteiger partial charge in [0.1, 0.15) is 0 Å². The minimum atomic E-state index is -0.907. The third-order valence-corrected chi connectivity index (χ3v) is 1.82. The molecule has 0 aromatic heterocycles. The number of hydrogen-bond donors (Lipinski definition) is 3. The maximum Gasteiger partial charge on any atom is 0.313 e. The summed E-state index contributed by atoms with van der Waals surface area (Å²) in [5, 5.41) is 25.1. The first-order valence-corrected chi connectivity index (χ1v) is 3.90. The van der Waals surface area contributed by atoms with Crippen molar-refractivity contribution in [3.05, 3.63) is 0 Å². The molecule has 0 aromatic carbocycles. The summed E-state index contributed by atoms with van der Waals surface area (Å²) in [7, 11) is 0. The Hall–Kier alpha value is -0.260. The summed E-state index contributed by atoms with van der Waals surface area (Å²) in [6.45, 7) is -0.313. The highest BCUT2D eigenvalue weighted by Gasteiger charge is 2.03. The third-order valence-electron chi connectivity index (χ3n) is 0.747. The van der Waals surface area contributed by atoms with Gasteiger partial charge in [-0.2, -0.15) is 0 Å². The number of aliphatic hydroxyl groups excluding tert-OH is 2. The zero-order valence-electron chi connectivity index (χ0n) is 5.36. The highest BCUT2D eigenvalue weighted by Crippen LogP contribution is 2.01. The van der Waals surface area contributed by atoms with Gasteiger partial charge in [0.15, 0.2) is 0 Å². The van der Waals surface area contributed by atoms with Gasteiger partial charge in [-0.15, -0.1) is 11.8 Å². The molecule has 0 aromatic rings. The third kappa shape index (κ3) is 5.87. The topological polar surface area (TPSA) is 77.8 Å². The maximum atomic E-state index is 9.90. The molecule has 0 aliphatic rings. The summed E-state index contributed by atoms with van der Waals surface area (Å²) < 4.78 is 0. The molecule has 5 heteroatoms. The van der Waals surface area contributed by atoms with Crippen LogP contribution in [0.3, 0.4) is 0 Å². The van der Waals surface area contributed by atoms with Gasteiger partial charge in [-0.05, 0) is 0 Å². The fourth-order valence-corrected chi connectivity index (χ4v) is 1.00. The second-order valence-electron chi connectivity index (χ2n) is 1.75. The fraction of sp³-hybridized carbons (Fsp3) is 0.800. The van der Waals surface area contributed by atoms with E-state index in [0.29, 0.717) is 0 Å². The molecule has 60 valence electrons. The van der Waals surface area contributed by atoms with E-state index in [9.17, 15) is 4.79 Å². The molecule has 4 nitrogen and oxygen atoms in total. The van der Waals surface area contributed by atoms with Crippen LogP contribution in [0.15, 0.2) is 0 Å². The zero-order chi connectivity index (χ0) is 7.98. The Balaban J connectivity index is 3.11. The van der Waals surface area contributed by atoms with Crippen molar-refractivity contribution in [3.8, 4) is 0 Å². The van der Waals surface area contributed by atoms with Gasteiger partial charge in [-0.3, -0.25) is 4.79 Å². The summed E-state index contributed by atoms with van der Waals surface area (Å²) in [5.74, 6) is -0.671. The van der Waals surface area contributed by atoms with Crippen molar-refractivity contribution in [2.45, 2.75) is 6.10 Å². The van der Waals surface area contributed by atoms with E-state index in [4.69, 9.17) is 15.3 Å². The molecule has 0 radical (unpaired) electrons. The molecule has 0 spiro atoms. The second-order valence-corrected chi connectivity index (χ2v) is 2.78. The molecule has 0 aliphatic heterocycles. The standard InChI is InChI=1S/C5H10O4S/c6-1-4(7)2-10-3-5(8)9/h4,6-7H,1-3H2,(H,8,9). The molecule has 0 aliphatic carbocycles. The Morgan fingerprint density at radius 3 is 2.60 bits per heavy atom. The van der Waals surface area contributed by atoms with Crippen molar-refractivity contribution < 1.29 is 20.1 Å². The van der Waals surface area contributed by atoms with Crippen molar-refractivity contribution in [2.75, 3.05) is 18.1 Å². The van der Waals surface area contributed by atoms with E-state index in [2.05, 4.69) is 0 Å². The lowest BCUT2D eigenvalue weighted by Crippen LogP contribution is -2.16. The van der Waals surface area contributed by atoms with Gasteiger partial charge in [-0.1, -0.05) is 0 Å². The van der Waals surface area contributed by atoms with Gasteiger partial charge < -0.3 is 15.3 Å². The summed E-state index contributed by atoms with van der Waals surface area (Å²) >= 11 is 1.08. The molecule has 0 heterocycles. The van der Waals surface area contributed by atoms with Gasteiger partial charge in [0.05, 0.1) is 18.5 Å². The Bertz CT molecular complexity index is 106. The number of hydrogen-bond acceptors (Lipinski definition) is 4. The van der Waals surface area contributed by atoms with Crippen molar-refractivity contribution in [2.24, 2.45) is 0 Å². The van der Waals surface area contributed by atoms with Crippen LogP contribution in [0.5, 0.6) is 0 Å². The molecule has 1 atom stereocenters. The number of rotatable bonds is 5. The molecule has 0 fully saturated rings. The van der Waals surface area contributed by atoms with Crippen LogP contribution in [0.25, 0.3) is 0 Å². The number of carbonyl (C=O) groups is 1. The quantitative estimate of drug-likeness (QED) is 0.496. The van der Waals surface area contributed by atoms with E-state index in [-0.39, 0.29) is 18.1 Å². The lowest BCUT2D eigenvalue weighted by atomic mass is 10.4. The molecule has 1 unspecified atom stereocenters. The van der Waals surface area contributed by atoms with Gasteiger partial charge in [-0.25, -0.2) is 0 Å². The SMILES string of the molecule is O=C(O)CSCC(O)CO. The van der Waals surface area contributed by atoms with Crippen molar-refractivity contribution >= 4 is 17.7 Å². The minimum Gasteiger partial charge on any atom is -0.481 e. The Morgan fingerprint density at radius 1 is 1.60 bits per heavy atom. The number of aliphatic carboxylic acids is 1. The lowest BCUT2D eigenvalue weighted by molar-refractivity contribution is -0.133. The van der Waals surface area contributed by atoms with Crippen LogP contribution in [-0.4, -0.2) is 45.5 Å². The van der Waals surface area contributed by atoms with E-state index in [0.717, 1.165) is 11.8 Å². The minimum absolute atomic E-state index is 0.0307. The average molecular weight is 166 g/mol. The largest absolute Gasteiger partial charge is 0.481 e. The molecule has 3 N–H and O–H groups in total. The number of thioether (sulfide) groups is 1. The predicted molar refractivity (Wildman–Crippen MR) is 38.1 cm³/mol. The smallest absolute Gasteiger partial charge is 0.313 e. The maximum absolute atomic E-state index is 9.90. The molecular weight excluding hydrogens is 156 g/mol. The van der Waals surface area contributed by atoms with Crippen LogP contribution >= 0.6 is 11.8 Å². The Morgan fingerprint density at radius 2 is 2.20 bits per heavy atom. The number of carboxylic acid groups (broad SMARTS) is 1. The average Bonchev–Trinajstić information content (AvgIpc) is 1.87. The molecule has 0 amide bonds. The molecule has 0 bridgehead atoms. The highest BCUT2D eigenvalue weighted by molar-refractivity contribution is 7.99. The zero-order valence-corrected chi connectivity index (χ0v) is 6.17. The molecule has 0 rings (SSSR count). The Kier molecular flexibility index (Phi) is 5.38. The summed E-state index contributed by atoms with van der Waals surface area (Å²) in [4.78, 5) is 9.90. The highest BCUT2D eigenvalue weighted by atomic mass is 32.2. The van der Waals surface area contributed by atoms with E-state index in [1.54, 1.807) is 0 Å². The monoisotopic (exact) mass is 166 g/mol. The molecule has 0 saturated heterocycles. The van der Waals surface area contributed by atoms with E-state index < -0.39 is 12.1 Å². The Labute approximate surface area is 62.9 Å². The van der Waals surface area contributed by atoms with Crippen molar-refractivity contribution in [1.82, 2.24) is 0 Å².